The number of aliphatic hydroxyl groups is 1. The van der Waals surface area contributed by atoms with Crippen molar-refractivity contribution >= 4 is 23.1 Å². The third-order valence-corrected chi connectivity index (χ3v) is 4.72. The standard InChI is InChI=1S/C19H25N5O4/c1-11(2)16(10-25)22-19-21-15(12-4-5-12)9-18(23-19)20-14-7-6-13(28-3)8-17(14)24(26)27/h6-9,11-12,16,25H,4-5,10H2,1-3H3,(H2,20,21,22,23)/t16-/m0/s1. The van der Waals surface area contributed by atoms with Gasteiger partial charge in [-0.25, -0.2) is 4.98 Å². The zero-order valence-corrected chi connectivity index (χ0v) is 16.2. The molecule has 9 heteroatoms. The molecule has 9 nitrogen and oxygen atoms in total. The highest BCUT2D eigenvalue weighted by molar-refractivity contribution is 5.70. The zero-order chi connectivity index (χ0) is 20.3. The summed E-state index contributed by atoms with van der Waals surface area (Å²) in [4.78, 5) is 20.0. The van der Waals surface area contributed by atoms with Crippen LogP contribution in [0.3, 0.4) is 0 Å². The van der Waals surface area contributed by atoms with E-state index in [1.54, 1.807) is 12.1 Å². The van der Waals surface area contributed by atoms with Crippen molar-refractivity contribution in [2.45, 2.75) is 38.6 Å². The highest BCUT2D eigenvalue weighted by Crippen LogP contribution is 2.40. The van der Waals surface area contributed by atoms with Gasteiger partial charge in [-0.3, -0.25) is 10.1 Å². The quantitative estimate of drug-likeness (QED) is 0.442. The summed E-state index contributed by atoms with van der Waals surface area (Å²) in [5.74, 6) is 1.84. The van der Waals surface area contributed by atoms with Crippen molar-refractivity contribution < 1.29 is 14.8 Å². The first kappa shape index (κ1) is 19.8. The van der Waals surface area contributed by atoms with E-state index < -0.39 is 4.92 Å². The number of nitrogens with zero attached hydrogens (tertiary/aromatic N) is 3. The van der Waals surface area contributed by atoms with Crippen LogP contribution in [0.1, 0.15) is 38.3 Å². The molecule has 1 aliphatic carbocycles. The van der Waals surface area contributed by atoms with Gasteiger partial charge in [-0.15, -0.1) is 0 Å². The molecule has 3 rings (SSSR count). The number of benzene rings is 1. The number of ether oxygens (including phenoxy) is 1. The molecule has 3 N–H and O–H groups in total. The lowest BCUT2D eigenvalue weighted by atomic mass is 10.1. The van der Waals surface area contributed by atoms with Gasteiger partial charge in [0, 0.05) is 12.0 Å². The Kier molecular flexibility index (Phi) is 5.93. The molecular weight excluding hydrogens is 362 g/mol. The van der Waals surface area contributed by atoms with Gasteiger partial charge in [0.1, 0.15) is 17.3 Å². The Morgan fingerprint density at radius 1 is 1.32 bits per heavy atom. The molecule has 0 unspecified atom stereocenters. The van der Waals surface area contributed by atoms with Crippen LogP contribution in [-0.2, 0) is 0 Å². The SMILES string of the molecule is COc1ccc(Nc2cc(C3CC3)nc(N[C@@H](CO)C(C)C)n2)c([N+](=O)[O-])c1. The van der Waals surface area contributed by atoms with Crippen LogP contribution in [0.5, 0.6) is 5.75 Å². The maximum absolute atomic E-state index is 11.4. The van der Waals surface area contributed by atoms with Crippen LogP contribution in [0, 0.1) is 16.0 Å². The summed E-state index contributed by atoms with van der Waals surface area (Å²) >= 11 is 0. The number of nitro groups is 1. The van der Waals surface area contributed by atoms with E-state index in [9.17, 15) is 15.2 Å². The van der Waals surface area contributed by atoms with Crippen LogP contribution in [-0.4, -0.2) is 39.8 Å². The molecule has 1 heterocycles. The molecule has 0 saturated heterocycles. The highest BCUT2D eigenvalue weighted by atomic mass is 16.6. The van der Waals surface area contributed by atoms with Gasteiger partial charge in [0.05, 0.1) is 36.4 Å². The molecule has 0 bridgehead atoms. The fraction of sp³-hybridized carbons (Fsp3) is 0.474. The number of nitrogens with one attached hydrogen (secondary N) is 2. The number of hydrogen-bond donors (Lipinski definition) is 3. The summed E-state index contributed by atoms with van der Waals surface area (Å²) in [7, 11) is 1.46. The maximum Gasteiger partial charge on any atom is 0.296 e. The summed E-state index contributed by atoms with van der Waals surface area (Å²) in [6.45, 7) is 3.96. The number of rotatable bonds is 9. The molecule has 0 spiro atoms. The van der Waals surface area contributed by atoms with E-state index in [1.807, 2.05) is 19.9 Å². The molecule has 0 aliphatic heterocycles. The molecule has 1 aromatic heterocycles. The average molecular weight is 387 g/mol. The maximum atomic E-state index is 11.4. The number of methoxy groups -OCH3 is 1. The molecule has 1 aliphatic rings. The third kappa shape index (κ3) is 4.66. The molecular formula is C19H25N5O4. The summed E-state index contributed by atoms with van der Waals surface area (Å²) < 4.78 is 5.08. The highest BCUT2D eigenvalue weighted by Gasteiger charge is 2.27. The average Bonchev–Trinajstić information content (AvgIpc) is 3.51. The second-order valence-corrected chi connectivity index (χ2v) is 7.22. The lowest BCUT2D eigenvalue weighted by Crippen LogP contribution is -2.30. The van der Waals surface area contributed by atoms with Crippen molar-refractivity contribution in [3.05, 3.63) is 40.1 Å². The lowest BCUT2D eigenvalue weighted by molar-refractivity contribution is -0.384. The van der Waals surface area contributed by atoms with Crippen molar-refractivity contribution in [1.82, 2.24) is 9.97 Å². The van der Waals surface area contributed by atoms with E-state index in [2.05, 4.69) is 20.6 Å². The molecule has 2 aromatic rings. The van der Waals surface area contributed by atoms with E-state index in [-0.39, 0.29) is 24.3 Å². The van der Waals surface area contributed by atoms with Gasteiger partial charge in [0.25, 0.3) is 5.69 Å². The van der Waals surface area contributed by atoms with Gasteiger partial charge in [-0.2, -0.15) is 4.98 Å². The van der Waals surface area contributed by atoms with Gasteiger partial charge in [-0.05, 0) is 30.9 Å². The Bertz CT molecular complexity index is 854. The van der Waals surface area contributed by atoms with Gasteiger partial charge < -0.3 is 20.5 Å². The molecule has 28 heavy (non-hydrogen) atoms. The van der Waals surface area contributed by atoms with Crippen molar-refractivity contribution in [3.8, 4) is 5.75 Å². The minimum Gasteiger partial charge on any atom is -0.496 e. The van der Waals surface area contributed by atoms with Gasteiger partial charge >= 0.3 is 0 Å². The van der Waals surface area contributed by atoms with Crippen LogP contribution in [0.2, 0.25) is 0 Å². The number of aliphatic hydroxyl groups excluding tert-OH is 1. The summed E-state index contributed by atoms with van der Waals surface area (Å²) in [5.41, 5.74) is 1.10. The molecule has 150 valence electrons. The van der Waals surface area contributed by atoms with E-state index in [0.29, 0.717) is 29.1 Å². The van der Waals surface area contributed by atoms with Crippen LogP contribution in [0.4, 0.5) is 23.1 Å². The van der Waals surface area contributed by atoms with Crippen LogP contribution >= 0.6 is 0 Å². The smallest absolute Gasteiger partial charge is 0.296 e. The number of hydrogen-bond acceptors (Lipinski definition) is 8. The fourth-order valence-electron chi connectivity index (χ4n) is 2.80. The topological polar surface area (TPSA) is 122 Å². The van der Waals surface area contributed by atoms with Crippen molar-refractivity contribution in [2.75, 3.05) is 24.4 Å². The minimum absolute atomic E-state index is 0.0403. The van der Waals surface area contributed by atoms with Crippen LogP contribution in [0.25, 0.3) is 0 Å². The third-order valence-electron chi connectivity index (χ3n) is 4.72. The number of aromatic nitrogens is 2. The Hall–Kier alpha value is -2.94. The summed E-state index contributed by atoms with van der Waals surface area (Å²) in [6.07, 6.45) is 2.12. The largest absolute Gasteiger partial charge is 0.496 e. The van der Waals surface area contributed by atoms with Gasteiger partial charge in [-0.1, -0.05) is 13.8 Å². The first-order valence-corrected chi connectivity index (χ1v) is 9.27. The van der Waals surface area contributed by atoms with Crippen LogP contribution < -0.4 is 15.4 Å². The Morgan fingerprint density at radius 2 is 2.07 bits per heavy atom. The second-order valence-electron chi connectivity index (χ2n) is 7.22. The first-order chi connectivity index (χ1) is 13.4. The predicted molar refractivity (Wildman–Crippen MR) is 106 cm³/mol. The van der Waals surface area contributed by atoms with Gasteiger partial charge in [0.15, 0.2) is 0 Å². The molecule has 0 radical (unpaired) electrons. The van der Waals surface area contributed by atoms with Crippen molar-refractivity contribution in [2.24, 2.45) is 5.92 Å². The summed E-state index contributed by atoms with van der Waals surface area (Å²) in [6, 6.07) is 6.24. The summed E-state index contributed by atoms with van der Waals surface area (Å²) in [5, 5.41) is 27.2. The van der Waals surface area contributed by atoms with E-state index >= 15 is 0 Å². The lowest BCUT2D eigenvalue weighted by Gasteiger charge is -2.20. The molecule has 1 fully saturated rings. The van der Waals surface area contributed by atoms with Crippen molar-refractivity contribution in [3.63, 3.8) is 0 Å². The Balaban J connectivity index is 1.92. The number of anilines is 3. The zero-order valence-electron chi connectivity index (χ0n) is 16.2. The minimum atomic E-state index is -0.465. The van der Waals surface area contributed by atoms with E-state index in [0.717, 1.165) is 18.5 Å². The number of nitro benzene ring substituents is 1. The Labute approximate surface area is 163 Å². The second kappa shape index (κ2) is 8.39. The molecule has 1 aromatic carbocycles. The predicted octanol–water partition coefficient (Wildman–Crippen LogP) is 3.44. The normalized spacial score (nSPS) is 14.6. The van der Waals surface area contributed by atoms with E-state index in [4.69, 9.17) is 4.74 Å². The monoisotopic (exact) mass is 387 g/mol. The van der Waals surface area contributed by atoms with Crippen LogP contribution in [0.15, 0.2) is 24.3 Å². The fourth-order valence-corrected chi connectivity index (χ4v) is 2.80. The van der Waals surface area contributed by atoms with E-state index in [1.165, 1.54) is 13.2 Å². The van der Waals surface area contributed by atoms with Gasteiger partial charge in [0.2, 0.25) is 5.95 Å². The molecule has 1 saturated carbocycles. The Morgan fingerprint density at radius 3 is 2.64 bits per heavy atom. The first-order valence-electron chi connectivity index (χ1n) is 9.27. The molecule has 1 atom stereocenters. The molecule has 0 amide bonds. The van der Waals surface area contributed by atoms with Crippen molar-refractivity contribution in [1.29, 1.82) is 0 Å².